The fourth-order valence-corrected chi connectivity index (χ4v) is 4.07. The Morgan fingerprint density at radius 1 is 0.966 bits per heavy atom. The van der Waals surface area contributed by atoms with Gasteiger partial charge in [0.25, 0.3) is 0 Å². The number of halogens is 2. The average molecular weight is 520 g/mol. The fraction of sp³-hybridized carbons (Fsp3) is 0.238. The lowest BCUT2D eigenvalue weighted by Crippen LogP contribution is -1.98. The summed E-state index contributed by atoms with van der Waals surface area (Å²) in [6.45, 7) is 3.14. The topological polar surface area (TPSA) is 80.6 Å². The summed E-state index contributed by atoms with van der Waals surface area (Å²) in [4.78, 5) is 33.4. The van der Waals surface area contributed by atoms with Crippen LogP contribution in [0.2, 0.25) is 0 Å². The van der Waals surface area contributed by atoms with E-state index in [1.807, 2.05) is 36.1 Å². The molecule has 0 saturated heterocycles. The van der Waals surface area contributed by atoms with E-state index in [0.29, 0.717) is 12.8 Å². The summed E-state index contributed by atoms with van der Waals surface area (Å²) in [5, 5.41) is 2.17. The van der Waals surface area contributed by atoms with Gasteiger partial charge in [0.15, 0.2) is 0 Å². The molecule has 0 saturated carbocycles. The number of carbonyl (C=O) groups is 2. The number of rotatable bonds is 4. The Morgan fingerprint density at radius 3 is 2.17 bits per heavy atom. The molecule has 6 nitrogen and oxygen atoms in total. The van der Waals surface area contributed by atoms with E-state index in [0.717, 1.165) is 42.1 Å². The number of carbonyl (C=O) groups excluding carboxylic acids is 2. The van der Waals surface area contributed by atoms with Gasteiger partial charge >= 0.3 is 0 Å². The number of nitrogens with zero attached hydrogens (tertiary/aromatic N) is 3. The zero-order chi connectivity index (χ0) is 21.1. The number of aryl methyl sites for hydroxylation is 1. The number of hydrogen-bond acceptors (Lipinski definition) is 4. The molecule has 29 heavy (non-hydrogen) atoms. The maximum Gasteiger partial charge on any atom is 0.135 e. The molecule has 0 aliphatic rings. The van der Waals surface area contributed by atoms with E-state index >= 15 is 0 Å². The predicted molar refractivity (Wildman–Crippen MR) is 121 cm³/mol. The SMILES string of the molecule is CC(=O)Cc1cc2c(Br)c[nH]c2cn1.CC(=O)Cc1cc2c(Br)cn(C)c2cn1. The van der Waals surface area contributed by atoms with Gasteiger partial charge in [0, 0.05) is 63.4 Å². The van der Waals surface area contributed by atoms with Crippen molar-refractivity contribution in [2.75, 3.05) is 0 Å². The van der Waals surface area contributed by atoms with Crippen LogP contribution in [0.5, 0.6) is 0 Å². The number of Topliss-reactive ketones (excluding diaryl/α,β-unsaturated/α-hetero) is 2. The molecular formula is C21H20Br2N4O2. The van der Waals surface area contributed by atoms with E-state index < -0.39 is 0 Å². The van der Waals surface area contributed by atoms with Gasteiger partial charge in [0.2, 0.25) is 0 Å². The van der Waals surface area contributed by atoms with Crippen LogP contribution in [0.3, 0.4) is 0 Å². The van der Waals surface area contributed by atoms with E-state index in [2.05, 4.69) is 46.8 Å². The third-order valence-electron chi connectivity index (χ3n) is 4.32. The molecule has 0 radical (unpaired) electrons. The Labute approximate surface area is 185 Å². The van der Waals surface area contributed by atoms with E-state index in [1.165, 1.54) is 0 Å². The number of aromatic nitrogens is 4. The third-order valence-corrected chi connectivity index (χ3v) is 5.60. The number of aromatic amines is 1. The largest absolute Gasteiger partial charge is 0.359 e. The predicted octanol–water partition coefficient (Wildman–Crippen LogP) is 4.92. The zero-order valence-electron chi connectivity index (χ0n) is 16.3. The number of H-pyrrole nitrogens is 1. The molecule has 0 unspecified atom stereocenters. The highest BCUT2D eigenvalue weighted by Crippen LogP contribution is 2.25. The van der Waals surface area contributed by atoms with Crippen molar-refractivity contribution < 1.29 is 9.59 Å². The Kier molecular flexibility index (Phi) is 6.64. The second kappa shape index (κ2) is 9.00. The number of hydrogen-bond donors (Lipinski definition) is 1. The Bertz CT molecular complexity index is 1210. The molecule has 0 spiro atoms. The summed E-state index contributed by atoms with van der Waals surface area (Å²) in [5.74, 6) is 0.261. The first kappa shape index (κ1) is 21.4. The summed E-state index contributed by atoms with van der Waals surface area (Å²) < 4.78 is 4.04. The normalized spacial score (nSPS) is 10.8. The van der Waals surface area contributed by atoms with Crippen LogP contribution in [-0.4, -0.2) is 31.1 Å². The minimum absolute atomic E-state index is 0.128. The summed E-state index contributed by atoms with van der Waals surface area (Å²) >= 11 is 6.91. The molecule has 1 N–H and O–H groups in total. The first-order chi connectivity index (χ1) is 13.7. The molecule has 4 heterocycles. The standard InChI is InChI=1S/C11H11BrN2O.C10H9BrN2O/c1-7(15)3-8-4-9-10(12)6-14(2)11(9)5-13-8;1-6(14)2-7-3-8-9(11)4-13-10(8)5-12-7/h4-6H,3H2,1-2H3;3-5,13H,2H2,1H3. The highest BCUT2D eigenvalue weighted by molar-refractivity contribution is 9.11. The van der Waals surface area contributed by atoms with Crippen LogP contribution < -0.4 is 0 Å². The molecule has 0 amide bonds. The van der Waals surface area contributed by atoms with Crippen molar-refractivity contribution in [2.24, 2.45) is 7.05 Å². The van der Waals surface area contributed by atoms with E-state index in [9.17, 15) is 9.59 Å². The first-order valence-corrected chi connectivity index (χ1v) is 10.5. The van der Waals surface area contributed by atoms with Crippen LogP contribution in [0.1, 0.15) is 25.2 Å². The molecule has 4 aromatic heterocycles. The number of pyridine rings is 2. The van der Waals surface area contributed by atoms with Crippen LogP contribution in [-0.2, 0) is 29.5 Å². The first-order valence-electron chi connectivity index (χ1n) is 8.94. The average Bonchev–Trinajstić information content (AvgIpc) is 3.14. The second-order valence-electron chi connectivity index (χ2n) is 6.90. The molecule has 0 atom stereocenters. The van der Waals surface area contributed by atoms with Gasteiger partial charge in [-0.15, -0.1) is 0 Å². The summed E-state index contributed by atoms with van der Waals surface area (Å²) in [6.07, 6.45) is 8.20. The highest BCUT2D eigenvalue weighted by atomic mass is 79.9. The maximum absolute atomic E-state index is 11.0. The lowest BCUT2D eigenvalue weighted by molar-refractivity contribution is -0.117. The molecular weight excluding hydrogens is 500 g/mol. The molecule has 4 aromatic rings. The molecule has 0 fully saturated rings. The van der Waals surface area contributed by atoms with Gasteiger partial charge in [-0.3, -0.25) is 19.6 Å². The third kappa shape index (κ3) is 5.19. The molecule has 0 aliphatic carbocycles. The van der Waals surface area contributed by atoms with Gasteiger partial charge in [-0.05, 0) is 57.8 Å². The van der Waals surface area contributed by atoms with Gasteiger partial charge in [-0.2, -0.15) is 0 Å². The highest BCUT2D eigenvalue weighted by Gasteiger charge is 2.07. The second-order valence-corrected chi connectivity index (χ2v) is 8.60. The van der Waals surface area contributed by atoms with Crippen molar-refractivity contribution in [1.82, 2.24) is 19.5 Å². The summed E-state index contributed by atoms with van der Waals surface area (Å²) in [7, 11) is 1.97. The molecule has 4 rings (SSSR count). The summed E-state index contributed by atoms with van der Waals surface area (Å²) in [6, 6.07) is 3.89. The van der Waals surface area contributed by atoms with Gasteiger partial charge in [0.1, 0.15) is 11.6 Å². The van der Waals surface area contributed by atoms with Crippen LogP contribution >= 0.6 is 31.9 Å². The van der Waals surface area contributed by atoms with Crippen molar-refractivity contribution in [3.05, 3.63) is 57.3 Å². The lowest BCUT2D eigenvalue weighted by atomic mass is 10.2. The van der Waals surface area contributed by atoms with E-state index in [4.69, 9.17) is 0 Å². The molecule has 0 aromatic carbocycles. The van der Waals surface area contributed by atoms with E-state index in [1.54, 1.807) is 26.2 Å². The molecule has 0 aliphatic heterocycles. The summed E-state index contributed by atoms with van der Waals surface area (Å²) in [5.41, 5.74) is 3.67. The van der Waals surface area contributed by atoms with Crippen molar-refractivity contribution in [3.63, 3.8) is 0 Å². The molecule has 8 heteroatoms. The van der Waals surface area contributed by atoms with Gasteiger partial charge < -0.3 is 9.55 Å². The van der Waals surface area contributed by atoms with Crippen molar-refractivity contribution in [3.8, 4) is 0 Å². The smallest absolute Gasteiger partial charge is 0.135 e. The van der Waals surface area contributed by atoms with Gasteiger partial charge in [-0.25, -0.2) is 0 Å². The molecule has 150 valence electrons. The minimum atomic E-state index is 0.128. The van der Waals surface area contributed by atoms with E-state index in [-0.39, 0.29) is 11.6 Å². The van der Waals surface area contributed by atoms with Crippen LogP contribution in [0.4, 0.5) is 0 Å². The monoisotopic (exact) mass is 518 g/mol. The Balaban J connectivity index is 0.000000166. The van der Waals surface area contributed by atoms with Crippen LogP contribution in [0.15, 0.2) is 45.9 Å². The van der Waals surface area contributed by atoms with Gasteiger partial charge in [0.05, 0.1) is 23.4 Å². The van der Waals surface area contributed by atoms with Crippen molar-refractivity contribution in [1.29, 1.82) is 0 Å². The quantitative estimate of drug-likeness (QED) is 0.414. The number of nitrogens with one attached hydrogen (secondary N) is 1. The van der Waals surface area contributed by atoms with Gasteiger partial charge in [-0.1, -0.05) is 0 Å². The van der Waals surface area contributed by atoms with Crippen molar-refractivity contribution >= 4 is 65.2 Å². The fourth-order valence-electron chi connectivity index (χ4n) is 3.01. The zero-order valence-corrected chi connectivity index (χ0v) is 19.5. The maximum atomic E-state index is 11.0. The molecule has 0 bridgehead atoms. The number of ketones is 2. The van der Waals surface area contributed by atoms with Crippen molar-refractivity contribution in [2.45, 2.75) is 26.7 Å². The van der Waals surface area contributed by atoms with Crippen LogP contribution in [0.25, 0.3) is 21.8 Å². The Hall–Kier alpha value is -2.32. The lowest BCUT2D eigenvalue weighted by Gasteiger charge is -1.99. The Morgan fingerprint density at radius 2 is 1.55 bits per heavy atom. The minimum Gasteiger partial charge on any atom is -0.359 e. The number of fused-ring (bicyclic) bond motifs is 2. The van der Waals surface area contributed by atoms with Crippen LogP contribution in [0, 0.1) is 0 Å².